The molecular weight excluding hydrogens is 342 g/mol. The van der Waals surface area contributed by atoms with E-state index in [2.05, 4.69) is 20.6 Å². The maximum Gasteiger partial charge on any atom is 0.258 e. The molecule has 4 N–H and O–H groups in total. The van der Waals surface area contributed by atoms with E-state index >= 15 is 0 Å². The first-order valence-corrected chi connectivity index (χ1v) is 8.19. The number of anilines is 1. The number of aromatic nitrogens is 4. The maximum atomic E-state index is 12.2. The van der Waals surface area contributed by atoms with Crippen LogP contribution in [0.1, 0.15) is 29.0 Å². The van der Waals surface area contributed by atoms with Crippen LogP contribution in [0.5, 0.6) is 0 Å². The van der Waals surface area contributed by atoms with Crippen molar-refractivity contribution in [3.8, 4) is 0 Å². The zero-order valence-corrected chi connectivity index (χ0v) is 14.4. The van der Waals surface area contributed by atoms with Gasteiger partial charge in [0.25, 0.3) is 5.91 Å². The number of rotatable bonds is 4. The van der Waals surface area contributed by atoms with E-state index in [1.54, 1.807) is 19.1 Å². The number of nitrogens with zero attached hydrogens (tertiary/aromatic N) is 4. The predicted octanol–water partition coefficient (Wildman–Crippen LogP) is -0.724. The van der Waals surface area contributed by atoms with Crippen molar-refractivity contribution >= 4 is 11.7 Å². The molecule has 0 bridgehead atoms. The van der Waals surface area contributed by atoms with E-state index < -0.39 is 43.0 Å². The summed E-state index contributed by atoms with van der Waals surface area (Å²) in [6, 6.07) is 2.66. The number of amides is 1. The number of carbonyl (C=O) groups excluding carboxylic acids is 1. The molecule has 0 aromatic carbocycles. The molecule has 140 valence electrons. The van der Waals surface area contributed by atoms with E-state index in [9.17, 15) is 20.1 Å². The number of hydrogen-bond acceptors (Lipinski definition) is 8. The Morgan fingerprint density at radius 3 is 2.77 bits per heavy atom. The number of nitrogens with one attached hydrogen (secondary N) is 1. The largest absolute Gasteiger partial charge is 0.394 e. The molecule has 0 unspecified atom stereocenters. The lowest BCUT2D eigenvalue weighted by Crippen LogP contribution is -2.55. The third-order valence-corrected chi connectivity index (χ3v) is 4.36. The Labute approximate surface area is 149 Å². The van der Waals surface area contributed by atoms with Gasteiger partial charge < -0.3 is 25.4 Å². The average molecular weight is 363 g/mol. The predicted molar refractivity (Wildman–Crippen MR) is 89.4 cm³/mol. The van der Waals surface area contributed by atoms with Crippen molar-refractivity contribution < 1.29 is 24.9 Å². The molecular formula is C16H21N5O5. The van der Waals surface area contributed by atoms with Crippen LogP contribution in [0.4, 0.5) is 5.82 Å². The number of pyridine rings is 1. The maximum absolute atomic E-state index is 12.2. The van der Waals surface area contributed by atoms with Crippen LogP contribution in [-0.2, 0) is 4.74 Å². The van der Waals surface area contributed by atoms with Crippen LogP contribution in [0.2, 0.25) is 0 Å². The van der Waals surface area contributed by atoms with Gasteiger partial charge in [0, 0.05) is 11.9 Å². The van der Waals surface area contributed by atoms with Crippen LogP contribution in [0.3, 0.4) is 0 Å². The normalized spacial score (nSPS) is 28.7. The van der Waals surface area contributed by atoms with Crippen LogP contribution in [0.15, 0.2) is 24.5 Å². The molecule has 1 amide bonds. The molecule has 5 atom stereocenters. The number of hydrogen-bond donors (Lipinski definition) is 4. The van der Waals surface area contributed by atoms with Crippen molar-refractivity contribution in [2.75, 3.05) is 11.9 Å². The highest BCUT2D eigenvalue weighted by molar-refractivity contribution is 6.03. The lowest BCUT2D eigenvalue weighted by Gasteiger charge is -2.40. The van der Waals surface area contributed by atoms with Crippen LogP contribution in [-0.4, -0.2) is 72.2 Å². The number of ether oxygens (including phenoxy) is 1. The molecule has 1 fully saturated rings. The molecule has 26 heavy (non-hydrogen) atoms. The van der Waals surface area contributed by atoms with Gasteiger partial charge in [0.1, 0.15) is 24.4 Å². The second-order valence-corrected chi connectivity index (χ2v) is 6.26. The quantitative estimate of drug-likeness (QED) is 0.557. The zero-order valence-electron chi connectivity index (χ0n) is 14.4. The van der Waals surface area contributed by atoms with E-state index in [0.29, 0.717) is 5.56 Å². The molecule has 1 aliphatic heterocycles. The summed E-state index contributed by atoms with van der Waals surface area (Å²) in [6.07, 6.45) is -0.963. The summed E-state index contributed by atoms with van der Waals surface area (Å²) in [7, 11) is 0. The highest BCUT2D eigenvalue weighted by Gasteiger charge is 2.43. The molecule has 2 aromatic heterocycles. The van der Waals surface area contributed by atoms with Gasteiger partial charge in [-0.25, -0.2) is 4.68 Å². The van der Waals surface area contributed by atoms with Crippen molar-refractivity contribution in [2.24, 2.45) is 0 Å². The molecule has 0 radical (unpaired) electrons. The van der Waals surface area contributed by atoms with Gasteiger partial charge in [0.2, 0.25) is 0 Å². The van der Waals surface area contributed by atoms with Crippen LogP contribution >= 0.6 is 0 Å². The molecule has 0 spiro atoms. The fourth-order valence-electron chi connectivity index (χ4n) is 2.93. The Bertz CT molecular complexity index is 765. The summed E-state index contributed by atoms with van der Waals surface area (Å²) in [5.41, 5.74) is 1.17. The Balaban J connectivity index is 1.73. The number of aliphatic hydroxyl groups excluding tert-OH is 3. The van der Waals surface area contributed by atoms with Crippen molar-refractivity contribution in [1.82, 2.24) is 20.0 Å². The van der Waals surface area contributed by atoms with Crippen LogP contribution in [0.25, 0.3) is 0 Å². The lowest BCUT2D eigenvalue weighted by molar-refractivity contribution is -0.200. The monoisotopic (exact) mass is 363 g/mol. The van der Waals surface area contributed by atoms with Gasteiger partial charge in [-0.15, -0.1) is 5.10 Å². The molecule has 2 aromatic rings. The molecule has 3 heterocycles. The van der Waals surface area contributed by atoms with Gasteiger partial charge >= 0.3 is 0 Å². The summed E-state index contributed by atoms with van der Waals surface area (Å²) in [5.74, 6) is -0.202. The van der Waals surface area contributed by atoms with E-state index in [0.717, 1.165) is 5.69 Å². The minimum Gasteiger partial charge on any atom is -0.394 e. The molecule has 1 saturated heterocycles. The molecule has 0 saturated carbocycles. The minimum absolute atomic E-state index is 0.189. The van der Waals surface area contributed by atoms with Gasteiger partial charge in [-0.2, -0.15) is 0 Å². The van der Waals surface area contributed by atoms with Crippen LogP contribution < -0.4 is 5.32 Å². The fraction of sp³-hybridized carbons (Fsp3) is 0.500. The molecule has 3 rings (SSSR count). The number of aliphatic hydroxyl groups is 3. The third kappa shape index (κ3) is 3.58. The lowest BCUT2D eigenvalue weighted by atomic mass is 9.94. The third-order valence-electron chi connectivity index (χ3n) is 4.36. The summed E-state index contributed by atoms with van der Waals surface area (Å²) in [4.78, 5) is 16.3. The molecule has 10 nitrogen and oxygen atoms in total. The Kier molecular flexibility index (Phi) is 5.28. The molecule has 10 heteroatoms. The second-order valence-electron chi connectivity index (χ2n) is 6.26. The highest BCUT2D eigenvalue weighted by atomic mass is 16.5. The van der Waals surface area contributed by atoms with E-state index in [1.807, 2.05) is 6.92 Å². The molecule has 1 aliphatic rings. The summed E-state index contributed by atoms with van der Waals surface area (Å²) in [5, 5.41) is 39.9. The van der Waals surface area contributed by atoms with Gasteiger partial charge in [-0.05, 0) is 26.0 Å². The second kappa shape index (κ2) is 7.46. The minimum atomic E-state index is -1.26. The topological polar surface area (TPSA) is 143 Å². The summed E-state index contributed by atoms with van der Waals surface area (Å²) < 4.78 is 6.84. The Morgan fingerprint density at radius 1 is 1.35 bits per heavy atom. The fourth-order valence-corrected chi connectivity index (χ4v) is 2.93. The van der Waals surface area contributed by atoms with E-state index in [-0.39, 0.29) is 5.82 Å². The van der Waals surface area contributed by atoms with Gasteiger partial charge in [-0.1, -0.05) is 5.21 Å². The number of aryl methyl sites for hydroxylation is 1. The van der Waals surface area contributed by atoms with Crippen LogP contribution in [0, 0.1) is 6.92 Å². The number of carbonyl (C=O) groups is 1. The van der Waals surface area contributed by atoms with Crippen molar-refractivity contribution in [2.45, 2.75) is 44.3 Å². The van der Waals surface area contributed by atoms with Crippen molar-refractivity contribution in [3.63, 3.8) is 0 Å². The SMILES string of the molecule is Cc1ccc(C(=O)Nc2cn([C@@H]3[C@@H](O)[C@@H](O)[C@@H](CO)O[C@H]3C)nn2)cn1. The first-order valence-electron chi connectivity index (χ1n) is 8.19. The van der Waals surface area contributed by atoms with Gasteiger partial charge in [-0.3, -0.25) is 9.78 Å². The summed E-state index contributed by atoms with van der Waals surface area (Å²) in [6.45, 7) is 3.11. The van der Waals surface area contributed by atoms with Crippen molar-refractivity contribution in [1.29, 1.82) is 0 Å². The molecule has 0 aliphatic carbocycles. The zero-order chi connectivity index (χ0) is 18.8. The highest BCUT2D eigenvalue weighted by Crippen LogP contribution is 2.29. The summed E-state index contributed by atoms with van der Waals surface area (Å²) >= 11 is 0. The van der Waals surface area contributed by atoms with E-state index in [1.165, 1.54) is 17.1 Å². The standard InChI is InChI=1S/C16H21N5O5/c1-8-3-4-10(5-17-8)16(25)18-12-6-21(20-19-12)13-9(2)26-11(7-22)14(23)15(13)24/h3-6,9,11,13-15,22-24H,7H2,1-2H3,(H,18,25)/t9-,11+,13-,14-,15+/m0/s1. The Morgan fingerprint density at radius 2 is 2.12 bits per heavy atom. The smallest absolute Gasteiger partial charge is 0.258 e. The van der Waals surface area contributed by atoms with Gasteiger partial charge in [0.05, 0.1) is 24.5 Å². The Hall–Kier alpha value is -2.40. The first-order chi connectivity index (χ1) is 12.4. The van der Waals surface area contributed by atoms with Crippen molar-refractivity contribution in [3.05, 3.63) is 35.8 Å². The van der Waals surface area contributed by atoms with E-state index in [4.69, 9.17) is 4.74 Å². The average Bonchev–Trinajstić information content (AvgIpc) is 3.06. The van der Waals surface area contributed by atoms with Gasteiger partial charge in [0.15, 0.2) is 5.82 Å². The first kappa shape index (κ1) is 18.4.